The van der Waals surface area contributed by atoms with E-state index < -0.39 is 11.7 Å². The summed E-state index contributed by atoms with van der Waals surface area (Å²) in [5.41, 5.74) is 2.21. The second-order valence-corrected chi connectivity index (χ2v) is 7.48. The minimum atomic E-state index is -4.31. The van der Waals surface area contributed by atoms with Crippen LogP contribution in [0.15, 0.2) is 48.5 Å². The third kappa shape index (κ3) is 5.83. The molecule has 1 aliphatic heterocycles. The molecule has 2 aromatic rings. The number of hydrogen-bond donors (Lipinski definition) is 1. The molecule has 1 N–H and O–H groups in total. The Kier molecular flexibility index (Phi) is 6.39. The van der Waals surface area contributed by atoms with Crippen LogP contribution in [0.5, 0.6) is 0 Å². The highest BCUT2D eigenvalue weighted by molar-refractivity contribution is 5.78. The van der Waals surface area contributed by atoms with Crippen molar-refractivity contribution in [2.75, 3.05) is 13.1 Å². The number of nitrogens with zero attached hydrogens (tertiary/aromatic N) is 1. The lowest BCUT2D eigenvalue weighted by atomic mass is 10.0. The van der Waals surface area contributed by atoms with Crippen LogP contribution in [0, 0.1) is 6.92 Å². The van der Waals surface area contributed by atoms with Crippen molar-refractivity contribution in [2.24, 2.45) is 0 Å². The van der Waals surface area contributed by atoms with E-state index in [-0.39, 0.29) is 11.9 Å². The summed E-state index contributed by atoms with van der Waals surface area (Å²) < 4.78 is 38.5. The molecule has 0 aliphatic carbocycles. The number of aryl methyl sites for hydroxylation is 1. The second-order valence-electron chi connectivity index (χ2n) is 7.48. The Bertz CT molecular complexity index is 794. The zero-order valence-electron chi connectivity index (χ0n) is 15.9. The maximum absolute atomic E-state index is 12.8. The summed E-state index contributed by atoms with van der Waals surface area (Å²) in [6, 6.07) is 13.5. The molecule has 0 unspecified atom stereocenters. The highest BCUT2D eigenvalue weighted by Gasteiger charge is 2.30. The van der Waals surface area contributed by atoms with Crippen molar-refractivity contribution in [3.05, 3.63) is 70.8 Å². The normalized spacial score (nSPS) is 16.1. The van der Waals surface area contributed by atoms with E-state index in [1.54, 1.807) is 6.07 Å². The van der Waals surface area contributed by atoms with E-state index >= 15 is 0 Å². The van der Waals surface area contributed by atoms with Crippen molar-refractivity contribution in [3.8, 4) is 0 Å². The quantitative estimate of drug-likeness (QED) is 0.824. The molecule has 1 amide bonds. The standard InChI is InChI=1S/C22H25F3N2O/c1-16-5-7-17(8-6-16)14-21(28)26-20-9-11-27(12-10-20)15-18-3-2-4-19(13-18)22(23,24)25/h2-8,13,20H,9-12,14-15H2,1H3,(H,26,28). The van der Waals surface area contributed by atoms with Gasteiger partial charge >= 0.3 is 6.18 Å². The van der Waals surface area contributed by atoms with E-state index in [0.717, 1.165) is 43.1 Å². The highest BCUT2D eigenvalue weighted by Crippen LogP contribution is 2.30. The van der Waals surface area contributed by atoms with Gasteiger partial charge in [0.1, 0.15) is 0 Å². The number of carbonyl (C=O) groups excluding carboxylic acids is 1. The van der Waals surface area contributed by atoms with Gasteiger partial charge in [0.15, 0.2) is 0 Å². The van der Waals surface area contributed by atoms with Gasteiger partial charge in [-0.1, -0.05) is 48.0 Å². The summed E-state index contributed by atoms with van der Waals surface area (Å²) in [6.07, 6.45) is -2.34. The molecule has 1 aliphatic rings. The van der Waals surface area contributed by atoms with Crippen LogP contribution in [-0.4, -0.2) is 29.9 Å². The molecule has 1 saturated heterocycles. The summed E-state index contributed by atoms with van der Waals surface area (Å²) in [7, 11) is 0. The Morgan fingerprint density at radius 2 is 1.75 bits per heavy atom. The first kappa shape index (κ1) is 20.4. The van der Waals surface area contributed by atoms with Crippen LogP contribution >= 0.6 is 0 Å². The number of nitrogens with one attached hydrogen (secondary N) is 1. The first-order valence-electron chi connectivity index (χ1n) is 9.53. The summed E-state index contributed by atoms with van der Waals surface area (Å²) in [5.74, 6) is 0.0141. The van der Waals surface area contributed by atoms with Crippen molar-refractivity contribution >= 4 is 5.91 Å². The van der Waals surface area contributed by atoms with Gasteiger partial charge in [-0.2, -0.15) is 13.2 Å². The van der Waals surface area contributed by atoms with Crippen LogP contribution in [0.1, 0.15) is 35.1 Å². The first-order chi connectivity index (χ1) is 13.3. The van der Waals surface area contributed by atoms with E-state index in [1.807, 2.05) is 31.2 Å². The van der Waals surface area contributed by atoms with Gasteiger partial charge in [0, 0.05) is 25.7 Å². The summed E-state index contributed by atoms with van der Waals surface area (Å²) >= 11 is 0. The molecule has 3 nitrogen and oxygen atoms in total. The number of amides is 1. The minimum Gasteiger partial charge on any atom is -0.353 e. The Labute approximate surface area is 163 Å². The van der Waals surface area contributed by atoms with Crippen LogP contribution in [-0.2, 0) is 23.9 Å². The Balaban J connectivity index is 1.45. The number of hydrogen-bond acceptors (Lipinski definition) is 2. The molecule has 6 heteroatoms. The number of halogens is 3. The molecule has 0 aromatic heterocycles. The van der Waals surface area contributed by atoms with Gasteiger partial charge in [0.25, 0.3) is 0 Å². The van der Waals surface area contributed by atoms with E-state index in [9.17, 15) is 18.0 Å². The van der Waals surface area contributed by atoms with Gasteiger partial charge in [-0.15, -0.1) is 0 Å². The number of benzene rings is 2. The van der Waals surface area contributed by atoms with Crippen LogP contribution in [0.3, 0.4) is 0 Å². The van der Waals surface area contributed by atoms with Crippen molar-refractivity contribution < 1.29 is 18.0 Å². The van der Waals surface area contributed by atoms with Gasteiger partial charge in [-0.3, -0.25) is 9.69 Å². The van der Waals surface area contributed by atoms with Crippen LogP contribution < -0.4 is 5.32 Å². The molecule has 0 radical (unpaired) electrons. The first-order valence-corrected chi connectivity index (χ1v) is 9.53. The number of piperidine rings is 1. The maximum atomic E-state index is 12.8. The highest BCUT2D eigenvalue weighted by atomic mass is 19.4. The van der Waals surface area contributed by atoms with E-state index in [0.29, 0.717) is 18.5 Å². The lowest BCUT2D eigenvalue weighted by Gasteiger charge is -2.32. The molecule has 2 aromatic carbocycles. The fraction of sp³-hybridized carbons (Fsp3) is 0.409. The molecule has 0 saturated carbocycles. The second kappa shape index (κ2) is 8.78. The summed E-state index contributed by atoms with van der Waals surface area (Å²) in [6.45, 7) is 4.02. The maximum Gasteiger partial charge on any atom is 0.416 e. The average molecular weight is 390 g/mol. The molecule has 1 heterocycles. The van der Waals surface area contributed by atoms with Crippen molar-refractivity contribution in [2.45, 2.75) is 44.9 Å². The van der Waals surface area contributed by atoms with Crippen LogP contribution in [0.25, 0.3) is 0 Å². The van der Waals surface area contributed by atoms with Crippen LogP contribution in [0.4, 0.5) is 13.2 Å². The number of rotatable bonds is 5. The molecule has 0 spiro atoms. The monoisotopic (exact) mass is 390 g/mol. The molecule has 1 fully saturated rings. The lowest BCUT2D eigenvalue weighted by molar-refractivity contribution is -0.137. The topological polar surface area (TPSA) is 32.3 Å². The van der Waals surface area contributed by atoms with Crippen molar-refractivity contribution in [1.29, 1.82) is 0 Å². The molecule has 28 heavy (non-hydrogen) atoms. The Hall–Kier alpha value is -2.34. The predicted octanol–water partition coefficient (Wildman–Crippen LogP) is 4.34. The van der Waals surface area contributed by atoms with Gasteiger partial charge in [-0.25, -0.2) is 0 Å². The van der Waals surface area contributed by atoms with Gasteiger partial charge in [-0.05, 0) is 37.0 Å². The van der Waals surface area contributed by atoms with Gasteiger partial charge < -0.3 is 5.32 Å². The fourth-order valence-corrected chi connectivity index (χ4v) is 3.51. The van der Waals surface area contributed by atoms with E-state index in [1.165, 1.54) is 12.1 Å². The Morgan fingerprint density at radius 3 is 2.39 bits per heavy atom. The number of alkyl halides is 3. The largest absolute Gasteiger partial charge is 0.416 e. The van der Waals surface area contributed by atoms with E-state index in [2.05, 4.69) is 10.2 Å². The summed E-state index contributed by atoms with van der Waals surface area (Å²) in [4.78, 5) is 14.4. The van der Waals surface area contributed by atoms with Gasteiger partial charge in [0.2, 0.25) is 5.91 Å². The van der Waals surface area contributed by atoms with E-state index in [4.69, 9.17) is 0 Å². The summed E-state index contributed by atoms with van der Waals surface area (Å²) in [5, 5.41) is 3.08. The third-order valence-electron chi connectivity index (χ3n) is 5.10. The zero-order chi connectivity index (χ0) is 20.1. The fourth-order valence-electron chi connectivity index (χ4n) is 3.51. The zero-order valence-corrected chi connectivity index (χ0v) is 15.9. The van der Waals surface area contributed by atoms with Crippen molar-refractivity contribution in [1.82, 2.24) is 10.2 Å². The SMILES string of the molecule is Cc1ccc(CC(=O)NC2CCN(Cc3cccc(C(F)(F)F)c3)CC2)cc1. The molecular formula is C22H25F3N2O. The Morgan fingerprint density at radius 1 is 1.07 bits per heavy atom. The average Bonchev–Trinajstić information content (AvgIpc) is 2.65. The molecule has 3 rings (SSSR count). The van der Waals surface area contributed by atoms with Gasteiger partial charge in [0.05, 0.1) is 12.0 Å². The predicted molar refractivity (Wildman–Crippen MR) is 103 cm³/mol. The number of carbonyl (C=O) groups is 1. The third-order valence-corrected chi connectivity index (χ3v) is 5.10. The minimum absolute atomic E-state index is 0.0141. The molecule has 0 bridgehead atoms. The lowest BCUT2D eigenvalue weighted by Crippen LogP contribution is -2.44. The smallest absolute Gasteiger partial charge is 0.353 e. The van der Waals surface area contributed by atoms with Crippen LogP contribution in [0.2, 0.25) is 0 Å². The molecule has 0 atom stereocenters. The van der Waals surface area contributed by atoms with Crippen molar-refractivity contribution in [3.63, 3.8) is 0 Å². The molecule has 150 valence electrons. The molecular weight excluding hydrogens is 365 g/mol. The number of likely N-dealkylation sites (tertiary alicyclic amines) is 1.